The van der Waals surface area contributed by atoms with Gasteiger partial charge in [0.25, 0.3) is 11.5 Å². The number of rotatable bonds is 5. The quantitative estimate of drug-likeness (QED) is 0.635. The molecule has 3 N–H and O–H groups in total. The van der Waals surface area contributed by atoms with E-state index >= 15 is 0 Å². The van der Waals surface area contributed by atoms with Crippen LogP contribution in [0.3, 0.4) is 0 Å². The zero-order valence-electron chi connectivity index (χ0n) is 14.0. The van der Waals surface area contributed by atoms with Crippen LogP contribution < -0.4 is 11.2 Å². The van der Waals surface area contributed by atoms with E-state index in [1.807, 2.05) is 0 Å². The van der Waals surface area contributed by atoms with Gasteiger partial charge in [-0.3, -0.25) is 13.9 Å². The summed E-state index contributed by atoms with van der Waals surface area (Å²) in [6.45, 7) is -1.82. The SMILES string of the molecule is O=c1ccn(C2OC(CO)[C@H](O)C2O)c(=O)n1CC(F)(F)c1ccccc1. The molecule has 0 aliphatic carbocycles. The Labute approximate surface area is 151 Å². The van der Waals surface area contributed by atoms with E-state index < -0.39 is 54.9 Å². The summed E-state index contributed by atoms with van der Waals surface area (Å²) in [6.07, 6.45) is -4.65. The number of hydrogen-bond donors (Lipinski definition) is 3. The number of hydrogen-bond acceptors (Lipinski definition) is 6. The summed E-state index contributed by atoms with van der Waals surface area (Å²) in [5.74, 6) is -3.49. The number of halogens is 2. The maximum absolute atomic E-state index is 14.5. The molecule has 8 nitrogen and oxygen atoms in total. The number of aliphatic hydroxyl groups is 3. The molecule has 0 spiro atoms. The second kappa shape index (κ2) is 7.31. The molecule has 1 saturated heterocycles. The highest BCUT2D eigenvalue weighted by molar-refractivity contribution is 5.19. The van der Waals surface area contributed by atoms with Crippen LogP contribution in [-0.2, 0) is 17.2 Å². The minimum absolute atomic E-state index is 0.335. The number of aliphatic hydroxyl groups excluding tert-OH is 3. The van der Waals surface area contributed by atoms with Crippen LogP contribution in [-0.4, -0.2) is 49.4 Å². The van der Waals surface area contributed by atoms with E-state index in [2.05, 4.69) is 0 Å². The van der Waals surface area contributed by atoms with E-state index in [1.54, 1.807) is 6.07 Å². The van der Waals surface area contributed by atoms with Crippen molar-refractivity contribution in [1.29, 1.82) is 0 Å². The van der Waals surface area contributed by atoms with Crippen LogP contribution in [0, 0.1) is 0 Å². The maximum atomic E-state index is 14.5. The topological polar surface area (TPSA) is 114 Å². The molecule has 1 aliphatic rings. The van der Waals surface area contributed by atoms with Gasteiger partial charge in [-0.15, -0.1) is 0 Å². The molecule has 10 heteroatoms. The van der Waals surface area contributed by atoms with Crippen molar-refractivity contribution in [2.45, 2.75) is 37.0 Å². The van der Waals surface area contributed by atoms with Crippen molar-refractivity contribution in [3.63, 3.8) is 0 Å². The molecule has 4 atom stereocenters. The van der Waals surface area contributed by atoms with Gasteiger partial charge in [-0.25, -0.2) is 4.79 Å². The Morgan fingerprint density at radius 3 is 2.33 bits per heavy atom. The van der Waals surface area contributed by atoms with Crippen LogP contribution in [0.5, 0.6) is 0 Å². The highest BCUT2D eigenvalue weighted by atomic mass is 19.3. The summed E-state index contributed by atoms with van der Waals surface area (Å²) in [6, 6.07) is 7.63. The third-order valence-electron chi connectivity index (χ3n) is 4.44. The van der Waals surface area contributed by atoms with Crippen molar-refractivity contribution in [3.8, 4) is 0 Å². The average molecular weight is 384 g/mol. The molecule has 3 unspecified atom stereocenters. The third kappa shape index (κ3) is 3.56. The fourth-order valence-corrected chi connectivity index (χ4v) is 2.95. The minimum Gasteiger partial charge on any atom is -0.394 e. The fraction of sp³-hybridized carbons (Fsp3) is 0.412. The summed E-state index contributed by atoms with van der Waals surface area (Å²) in [5, 5.41) is 29.0. The zero-order chi connectivity index (χ0) is 19.8. The Kier molecular flexibility index (Phi) is 5.24. The van der Waals surface area contributed by atoms with Crippen LogP contribution in [0.2, 0.25) is 0 Å². The highest BCUT2D eigenvalue weighted by Crippen LogP contribution is 2.30. The van der Waals surface area contributed by atoms with Crippen LogP contribution in [0.15, 0.2) is 52.2 Å². The van der Waals surface area contributed by atoms with Gasteiger partial charge in [-0.05, 0) is 0 Å². The molecule has 0 radical (unpaired) electrons. The minimum atomic E-state index is -3.49. The van der Waals surface area contributed by atoms with Crippen molar-refractivity contribution in [3.05, 3.63) is 69.0 Å². The lowest BCUT2D eigenvalue weighted by atomic mass is 10.1. The molecule has 3 rings (SSSR count). The summed E-state index contributed by atoms with van der Waals surface area (Å²) in [5.41, 5.74) is -2.44. The molecule has 1 aliphatic heterocycles. The van der Waals surface area contributed by atoms with Gasteiger partial charge in [-0.1, -0.05) is 30.3 Å². The first kappa shape index (κ1) is 19.4. The number of aromatic nitrogens is 2. The Morgan fingerprint density at radius 2 is 1.74 bits per heavy atom. The average Bonchev–Trinajstić information content (AvgIpc) is 2.94. The number of benzene rings is 1. The van der Waals surface area contributed by atoms with E-state index in [9.17, 15) is 28.6 Å². The Balaban J connectivity index is 1.98. The van der Waals surface area contributed by atoms with E-state index in [1.165, 1.54) is 24.3 Å². The predicted octanol–water partition coefficient (Wildman–Crippen LogP) is -0.587. The molecule has 1 fully saturated rings. The molecule has 0 saturated carbocycles. The first-order valence-corrected chi connectivity index (χ1v) is 8.14. The molecule has 2 heterocycles. The van der Waals surface area contributed by atoms with Crippen molar-refractivity contribution >= 4 is 0 Å². The summed E-state index contributed by atoms with van der Waals surface area (Å²) < 4.78 is 35.3. The van der Waals surface area contributed by atoms with Gasteiger partial charge >= 0.3 is 5.69 Å². The van der Waals surface area contributed by atoms with Gasteiger partial charge in [0, 0.05) is 17.8 Å². The Bertz CT molecular complexity index is 914. The van der Waals surface area contributed by atoms with Gasteiger partial charge in [-0.2, -0.15) is 8.78 Å². The van der Waals surface area contributed by atoms with E-state index in [0.717, 1.165) is 16.8 Å². The van der Waals surface area contributed by atoms with Crippen LogP contribution in [0.25, 0.3) is 0 Å². The van der Waals surface area contributed by atoms with E-state index in [4.69, 9.17) is 9.84 Å². The number of ether oxygens (including phenoxy) is 1. The largest absolute Gasteiger partial charge is 0.394 e. The molecule has 27 heavy (non-hydrogen) atoms. The van der Waals surface area contributed by atoms with Crippen molar-refractivity contribution in [2.75, 3.05) is 6.61 Å². The standard InChI is InChI=1S/C17H18F2N2O6/c18-17(19,10-4-2-1-3-5-10)9-21-12(23)6-7-20(16(21)26)15-14(25)13(24)11(8-22)27-15/h1-7,11,13-15,22,24-25H,8-9H2/t11?,13-,14?,15?/m0/s1. The second-order valence-electron chi connectivity index (χ2n) is 6.23. The van der Waals surface area contributed by atoms with Gasteiger partial charge < -0.3 is 20.1 Å². The van der Waals surface area contributed by atoms with Gasteiger partial charge in [0.15, 0.2) is 6.23 Å². The molecule has 0 amide bonds. The molecular formula is C17H18F2N2O6. The van der Waals surface area contributed by atoms with Crippen molar-refractivity contribution < 1.29 is 28.8 Å². The smallest absolute Gasteiger partial charge is 0.333 e. The monoisotopic (exact) mass is 384 g/mol. The second-order valence-corrected chi connectivity index (χ2v) is 6.23. The van der Waals surface area contributed by atoms with E-state index in [0.29, 0.717) is 4.57 Å². The van der Waals surface area contributed by atoms with Gasteiger partial charge in [0.1, 0.15) is 18.3 Å². The molecular weight excluding hydrogens is 366 g/mol. The molecule has 1 aromatic carbocycles. The van der Waals surface area contributed by atoms with E-state index in [-0.39, 0.29) is 5.56 Å². The fourth-order valence-electron chi connectivity index (χ4n) is 2.95. The third-order valence-corrected chi connectivity index (χ3v) is 4.44. The number of alkyl halides is 2. The van der Waals surface area contributed by atoms with Crippen LogP contribution in [0.1, 0.15) is 11.8 Å². The Morgan fingerprint density at radius 1 is 1.07 bits per heavy atom. The first-order chi connectivity index (χ1) is 12.8. The normalized spacial score (nSPS) is 25.7. The lowest BCUT2D eigenvalue weighted by molar-refractivity contribution is -0.0577. The summed E-state index contributed by atoms with van der Waals surface area (Å²) >= 11 is 0. The van der Waals surface area contributed by atoms with Crippen LogP contribution in [0.4, 0.5) is 8.78 Å². The lowest BCUT2D eigenvalue weighted by Gasteiger charge is -2.21. The van der Waals surface area contributed by atoms with Crippen LogP contribution >= 0.6 is 0 Å². The molecule has 2 aromatic rings. The molecule has 1 aromatic heterocycles. The maximum Gasteiger partial charge on any atom is 0.333 e. The first-order valence-electron chi connectivity index (χ1n) is 8.14. The summed E-state index contributed by atoms with van der Waals surface area (Å²) in [7, 11) is 0. The molecule has 0 bridgehead atoms. The molecule has 146 valence electrons. The highest BCUT2D eigenvalue weighted by Gasteiger charge is 2.44. The van der Waals surface area contributed by atoms with Gasteiger partial charge in [0.05, 0.1) is 13.2 Å². The van der Waals surface area contributed by atoms with Gasteiger partial charge in [0.2, 0.25) is 0 Å². The number of nitrogens with zero attached hydrogens (tertiary/aromatic N) is 2. The summed E-state index contributed by atoms with van der Waals surface area (Å²) in [4.78, 5) is 24.6. The van der Waals surface area contributed by atoms with Crippen molar-refractivity contribution in [2.24, 2.45) is 0 Å². The van der Waals surface area contributed by atoms with Crippen molar-refractivity contribution in [1.82, 2.24) is 9.13 Å². The lowest BCUT2D eigenvalue weighted by Crippen LogP contribution is -2.45. The predicted molar refractivity (Wildman–Crippen MR) is 88.3 cm³/mol. The Hall–Kier alpha value is -2.40. The zero-order valence-corrected chi connectivity index (χ0v) is 14.0.